The summed E-state index contributed by atoms with van der Waals surface area (Å²) in [6.07, 6.45) is 3.23. The molecule has 0 amide bonds. The Hall–Kier alpha value is -0.610. The van der Waals surface area contributed by atoms with Crippen LogP contribution in [0.3, 0.4) is 0 Å². The topological polar surface area (TPSA) is 19.4 Å². The summed E-state index contributed by atoms with van der Waals surface area (Å²) < 4.78 is 0. The molecule has 3 nitrogen and oxygen atoms in total. The summed E-state index contributed by atoms with van der Waals surface area (Å²) in [5.41, 5.74) is 0. The molecule has 0 N–H and O–H groups in total. The van der Waals surface area contributed by atoms with Gasteiger partial charge in [0.2, 0.25) is 0 Å². The number of rotatable bonds is 1. The molecule has 70 valence electrons. The van der Waals surface area contributed by atoms with Gasteiger partial charge in [0.05, 0.1) is 0 Å². The van der Waals surface area contributed by atoms with Crippen LogP contribution in [0.1, 0.15) is 6.42 Å². The van der Waals surface area contributed by atoms with Gasteiger partial charge < -0.3 is 4.90 Å². The molecule has 2 fully saturated rings. The summed E-state index contributed by atoms with van der Waals surface area (Å²) in [6.45, 7) is 2.39. The molecule has 3 heterocycles. The van der Waals surface area contributed by atoms with E-state index in [2.05, 4.69) is 27.2 Å². The Morgan fingerprint density at radius 2 is 2.38 bits per heavy atom. The van der Waals surface area contributed by atoms with Crippen LogP contribution < -0.4 is 4.90 Å². The highest BCUT2D eigenvalue weighted by Gasteiger charge is 2.42. The van der Waals surface area contributed by atoms with E-state index in [-0.39, 0.29) is 0 Å². The minimum absolute atomic E-state index is 0.723. The van der Waals surface area contributed by atoms with Crippen molar-refractivity contribution in [3.8, 4) is 0 Å². The third-order valence-electron chi connectivity index (χ3n) is 3.18. The lowest BCUT2D eigenvalue weighted by atomic mass is 10.2. The number of thiazole rings is 1. The van der Waals surface area contributed by atoms with Gasteiger partial charge in [-0.1, -0.05) is 0 Å². The first-order valence-corrected chi connectivity index (χ1v) is 5.59. The molecule has 0 unspecified atom stereocenters. The highest BCUT2D eigenvalue weighted by molar-refractivity contribution is 7.13. The van der Waals surface area contributed by atoms with Crippen LogP contribution in [0, 0.1) is 0 Å². The molecule has 3 rings (SSSR count). The van der Waals surface area contributed by atoms with Crippen LogP contribution in [0.15, 0.2) is 11.6 Å². The van der Waals surface area contributed by atoms with Crippen molar-refractivity contribution >= 4 is 16.5 Å². The summed E-state index contributed by atoms with van der Waals surface area (Å²) in [4.78, 5) is 9.30. The lowest BCUT2D eigenvalue weighted by Gasteiger charge is -2.31. The van der Waals surface area contributed by atoms with Gasteiger partial charge in [0, 0.05) is 36.8 Å². The number of hydrogen-bond acceptors (Lipinski definition) is 4. The maximum atomic E-state index is 4.37. The number of likely N-dealkylation sites (N-methyl/N-ethyl adjacent to an activating group) is 1. The minimum atomic E-state index is 0.723. The third-order valence-corrected chi connectivity index (χ3v) is 3.99. The van der Waals surface area contributed by atoms with Crippen molar-refractivity contribution in [1.29, 1.82) is 0 Å². The van der Waals surface area contributed by atoms with Gasteiger partial charge in [0.1, 0.15) is 0 Å². The van der Waals surface area contributed by atoms with Crippen molar-refractivity contribution in [3.63, 3.8) is 0 Å². The largest absolute Gasteiger partial charge is 0.342 e. The van der Waals surface area contributed by atoms with Gasteiger partial charge in [-0.05, 0) is 13.5 Å². The standard InChI is InChI=1S/C9H13N3S/c1-11-5-8-4-7(11)6-12(8)9-10-2-3-13-9/h2-3,7-8H,4-6H2,1H3/t7-,8-/m0/s1. The van der Waals surface area contributed by atoms with Gasteiger partial charge in [-0.2, -0.15) is 0 Å². The monoisotopic (exact) mass is 195 g/mol. The molecule has 13 heavy (non-hydrogen) atoms. The average molecular weight is 195 g/mol. The van der Waals surface area contributed by atoms with Crippen molar-refractivity contribution in [1.82, 2.24) is 9.88 Å². The molecular formula is C9H13N3S. The Morgan fingerprint density at radius 1 is 1.46 bits per heavy atom. The fourth-order valence-corrected chi connectivity index (χ4v) is 3.18. The van der Waals surface area contributed by atoms with Crippen molar-refractivity contribution < 1.29 is 0 Å². The van der Waals surface area contributed by atoms with Crippen LogP contribution in [0.4, 0.5) is 5.13 Å². The lowest BCUT2D eigenvalue weighted by Crippen LogP contribution is -2.44. The second kappa shape index (κ2) is 2.69. The fraction of sp³-hybridized carbons (Fsp3) is 0.667. The van der Waals surface area contributed by atoms with Crippen LogP contribution in [-0.2, 0) is 0 Å². The first-order valence-electron chi connectivity index (χ1n) is 4.71. The molecule has 1 aromatic heterocycles. The van der Waals surface area contributed by atoms with Gasteiger partial charge in [-0.3, -0.25) is 4.90 Å². The van der Waals surface area contributed by atoms with Gasteiger partial charge in [-0.15, -0.1) is 11.3 Å². The van der Waals surface area contributed by atoms with Gasteiger partial charge >= 0.3 is 0 Å². The van der Waals surface area contributed by atoms with Crippen molar-refractivity contribution in [2.45, 2.75) is 18.5 Å². The highest BCUT2D eigenvalue weighted by atomic mass is 32.1. The molecule has 2 saturated heterocycles. The third kappa shape index (κ3) is 1.09. The zero-order chi connectivity index (χ0) is 8.84. The van der Waals surface area contributed by atoms with Crippen molar-refractivity contribution in [2.75, 3.05) is 25.0 Å². The fourth-order valence-electron chi connectivity index (χ4n) is 2.46. The van der Waals surface area contributed by atoms with Crippen molar-refractivity contribution in [2.24, 2.45) is 0 Å². The molecular weight excluding hydrogens is 182 g/mol. The number of piperazine rings is 1. The van der Waals surface area contributed by atoms with Crippen LogP contribution in [0.25, 0.3) is 0 Å². The molecule has 0 radical (unpaired) electrons. The summed E-state index contributed by atoms with van der Waals surface area (Å²) in [5.74, 6) is 0. The van der Waals surface area contributed by atoms with E-state index in [0.29, 0.717) is 0 Å². The first kappa shape index (κ1) is 7.76. The first-order chi connectivity index (χ1) is 6.34. The SMILES string of the molecule is CN1C[C@@H]2C[C@H]1CN2c1nccs1. The quantitative estimate of drug-likeness (QED) is 0.667. The highest BCUT2D eigenvalue weighted by Crippen LogP contribution is 2.34. The number of likely N-dealkylation sites (tertiary alicyclic amines) is 1. The Balaban J connectivity index is 1.84. The molecule has 4 heteroatoms. The summed E-state index contributed by atoms with van der Waals surface area (Å²) in [5, 5.41) is 3.27. The van der Waals surface area contributed by atoms with Crippen LogP contribution in [-0.4, -0.2) is 42.1 Å². The molecule has 0 aliphatic carbocycles. The van der Waals surface area contributed by atoms with E-state index >= 15 is 0 Å². The molecule has 2 aliphatic heterocycles. The maximum absolute atomic E-state index is 4.37. The number of hydrogen-bond donors (Lipinski definition) is 0. The molecule has 2 aliphatic rings. The molecule has 2 atom stereocenters. The Morgan fingerprint density at radius 3 is 2.92 bits per heavy atom. The molecule has 0 spiro atoms. The van der Waals surface area contributed by atoms with Crippen molar-refractivity contribution in [3.05, 3.63) is 11.6 Å². The Labute approximate surface area is 82.0 Å². The molecule has 2 bridgehead atoms. The molecule has 0 saturated carbocycles. The summed E-state index contributed by atoms with van der Waals surface area (Å²) in [7, 11) is 2.23. The van der Waals surface area contributed by atoms with Gasteiger partial charge in [0.25, 0.3) is 0 Å². The van der Waals surface area contributed by atoms with Crippen LogP contribution >= 0.6 is 11.3 Å². The molecule has 0 aromatic carbocycles. The number of aromatic nitrogens is 1. The smallest absolute Gasteiger partial charge is 0.185 e. The number of fused-ring (bicyclic) bond motifs is 2. The van der Waals surface area contributed by atoms with E-state index in [4.69, 9.17) is 0 Å². The van der Waals surface area contributed by atoms with Gasteiger partial charge in [-0.25, -0.2) is 4.98 Å². The molecule has 1 aromatic rings. The zero-order valence-electron chi connectivity index (χ0n) is 7.68. The van der Waals surface area contributed by atoms with E-state index < -0.39 is 0 Å². The van der Waals surface area contributed by atoms with E-state index in [0.717, 1.165) is 12.1 Å². The van der Waals surface area contributed by atoms with Crippen LogP contribution in [0.5, 0.6) is 0 Å². The van der Waals surface area contributed by atoms with E-state index in [1.165, 1.54) is 24.6 Å². The second-order valence-electron chi connectivity index (χ2n) is 3.95. The summed E-state index contributed by atoms with van der Waals surface area (Å²) >= 11 is 1.76. The minimum Gasteiger partial charge on any atom is -0.342 e. The number of nitrogens with zero attached hydrogens (tertiary/aromatic N) is 3. The normalized spacial score (nSPS) is 33.2. The summed E-state index contributed by atoms with van der Waals surface area (Å²) in [6, 6.07) is 1.50. The Bertz CT molecular complexity index is 296. The lowest BCUT2D eigenvalue weighted by molar-refractivity contribution is 0.292. The Kier molecular flexibility index (Phi) is 1.60. The van der Waals surface area contributed by atoms with E-state index in [1.54, 1.807) is 11.3 Å². The van der Waals surface area contributed by atoms with Gasteiger partial charge in [0.15, 0.2) is 5.13 Å². The number of anilines is 1. The van der Waals surface area contributed by atoms with E-state index in [9.17, 15) is 0 Å². The predicted molar refractivity (Wildman–Crippen MR) is 54.3 cm³/mol. The zero-order valence-corrected chi connectivity index (χ0v) is 8.50. The van der Waals surface area contributed by atoms with E-state index in [1.807, 2.05) is 6.20 Å². The average Bonchev–Trinajstić information content (AvgIpc) is 2.75. The second-order valence-corrected chi connectivity index (χ2v) is 4.82. The maximum Gasteiger partial charge on any atom is 0.185 e. The van der Waals surface area contributed by atoms with Crippen LogP contribution in [0.2, 0.25) is 0 Å². The predicted octanol–water partition coefficient (Wildman–Crippen LogP) is 1.04.